The van der Waals surface area contributed by atoms with E-state index >= 15 is 0 Å². The van der Waals surface area contributed by atoms with Gasteiger partial charge < -0.3 is 9.63 Å². The van der Waals surface area contributed by atoms with Gasteiger partial charge in [-0.2, -0.15) is 4.98 Å². The summed E-state index contributed by atoms with van der Waals surface area (Å²) >= 11 is 0. The van der Waals surface area contributed by atoms with Crippen molar-refractivity contribution in [2.45, 2.75) is 62.4 Å². The monoisotopic (exact) mass is 258 g/mol. The van der Waals surface area contributed by atoms with Gasteiger partial charge in [0.25, 0.3) is 0 Å². The van der Waals surface area contributed by atoms with Crippen LogP contribution in [0.25, 0.3) is 0 Å². The molecule has 1 heterocycles. The molecule has 4 nitrogen and oxygen atoms in total. The molecule has 1 N–H and O–H groups in total. The third-order valence-electron chi connectivity index (χ3n) is 4.02. The molecule has 6 heteroatoms. The molecule has 0 aromatic carbocycles. The maximum atomic E-state index is 13.1. The highest BCUT2D eigenvalue weighted by Gasteiger charge is 2.42. The largest absolute Gasteiger partial charge is 0.392 e. The smallest absolute Gasteiger partial charge is 0.248 e. The van der Waals surface area contributed by atoms with Crippen LogP contribution < -0.4 is 0 Å². The van der Waals surface area contributed by atoms with Crippen molar-refractivity contribution in [3.63, 3.8) is 0 Å². The molecular weight excluding hydrogens is 242 g/mol. The van der Waals surface area contributed by atoms with Crippen LogP contribution in [0.4, 0.5) is 8.78 Å². The predicted molar refractivity (Wildman–Crippen MR) is 58.4 cm³/mol. The van der Waals surface area contributed by atoms with E-state index in [1.165, 1.54) is 0 Å². The van der Waals surface area contributed by atoms with Crippen molar-refractivity contribution in [2.24, 2.45) is 0 Å². The lowest BCUT2D eigenvalue weighted by atomic mass is 10.1. The number of nitrogens with zero attached hydrogens (tertiary/aromatic N) is 2. The summed E-state index contributed by atoms with van der Waals surface area (Å²) in [4.78, 5) is 4.22. The first kappa shape index (κ1) is 12.0. The zero-order valence-corrected chi connectivity index (χ0v) is 9.98. The predicted octanol–water partition coefficient (Wildman–Crippen LogP) is 2.60. The van der Waals surface area contributed by atoms with Gasteiger partial charge in [0.1, 0.15) is 0 Å². The topological polar surface area (TPSA) is 59.2 Å². The highest BCUT2D eigenvalue weighted by atomic mass is 19.3. The van der Waals surface area contributed by atoms with Gasteiger partial charge in [0, 0.05) is 18.8 Å². The Hall–Kier alpha value is -1.04. The van der Waals surface area contributed by atoms with E-state index in [2.05, 4.69) is 10.1 Å². The van der Waals surface area contributed by atoms with Crippen molar-refractivity contribution < 1.29 is 18.4 Å². The second-order valence-corrected chi connectivity index (χ2v) is 5.39. The van der Waals surface area contributed by atoms with Crippen LogP contribution in [-0.2, 0) is 0 Å². The normalized spacial score (nSPS) is 35.2. The van der Waals surface area contributed by atoms with Gasteiger partial charge in [-0.15, -0.1) is 0 Å². The van der Waals surface area contributed by atoms with Gasteiger partial charge in [-0.05, 0) is 25.7 Å². The van der Waals surface area contributed by atoms with Gasteiger partial charge in [-0.25, -0.2) is 8.78 Å². The molecule has 3 unspecified atom stereocenters. The summed E-state index contributed by atoms with van der Waals surface area (Å²) in [7, 11) is 0. The van der Waals surface area contributed by atoms with Gasteiger partial charge in [0.2, 0.25) is 11.8 Å². The lowest BCUT2D eigenvalue weighted by Crippen LogP contribution is -2.12. The lowest BCUT2D eigenvalue weighted by Gasteiger charge is -2.08. The van der Waals surface area contributed by atoms with Crippen molar-refractivity contribution in [2.75, 3.05) is 0 Å². The second-order valence-electron chi connectivity index (χ2n) is 5.39. The number of hydrogen-bond acceptors (Lipinski definition) is 4. The standard InChI is InChI=1S/C12H16F2N2O2/c13-12(14)5-4-7(6-12)10-15-11(18-16-10)8-2-1-3-9(8)17/h7-9,17H,1-6H2. The summed E-state index contributed by atoms with van der Waals surface area (Å²) in [6, 6.07) is 0. The third kappa shape index (κ3) is 2.13. The maximum absolute atomic E-state index is 13.1. The minimum absolute atomic E-state index is 0.104. The fourth-order valence-corrected chi connectivity index (χ4v) is 2.96. The van der Waals surface area contributed by atoms with Crippen molar-refractivity contribution in [3.8, 4) is 0 Å². The highest BCUT2D eigenvalue weighted by Crippen LogP contribution is 2.43. The van der Waals surface area contributed by atoms with E-state index in [1.54, 1.807) is 0 Å². The summed E-state index contributed by atoms with van der Waals surface area (Å²) < 4.78 is 31.4. The van der Waals surface area contributed by atoms with Crippen LogP contribution in [0.2, 0.25) is 0 Å². The van der Waals surface area contributed by atoms with Crippen LogP contribution >= 0.6 is 0 Å². The van der Waals surface area contributed by atoms with Gasteiger partial charge >= 0.3 is 0 Å². The van der Waals surface area contributed by atoms with Crippen LogP contribution in [0.3, 0.4) is 0 Å². The Morgan fingerprint density at radius 3 is 2.72 bits per heavy atom. The Bertz CT molecular complexity index is 435. The Labute approximate surface area is 103 Å². The van der Waals surface area contributed by atoms with Crippen molar-refractivity contribution in [1.29, 1.82) is 0 Å². The van der Waals surface area contributed by atoms with Gasteiger partial charge in [-0.3, -0.25) is 0 Å². The molecule has 0 radical (unpaired) electrons. The number of halogens is 2. The van der Waals surface area contributed by atoms with Crippen molar-refractivity contribution in [3.05, 3.63) is 11.7 Å². The molecule has 2 aliphatic rings. The molecule has 0 saturated heterocycles. The third-order valence-corrected chi connectivity index (χ3v) is 4.02. The Morgan fingerprint density at radius 1 is 1.28 bits per heavy atom. The lowest BCUT2D eigenvalue weighted by molar-refractivity contribution is 0.00749. The summed E-state index contributed by atoms with van der Waals surface area (Å²) in [5.74, 6) is -2.24. The summed E-state index contributed by atoms with van der Waals surface area (Å²) in [6.45, 7) is 0. The van der Waals surface area contributed by atoms with E-state index in [0.717, 1.165) is 19.3 Å². The van der Waals surface area contributed by atoms with Crippen LogP contribution in [0.1, 0.15) is 62.1 Å². The van der Waals surface area contributed by atoms with Crippen LogP contribution in [0.15, 0.2) is 4.52 Å². The molecule has 0 amide bonds. The number of aliphatic hydroxyl groups excluding tert-OH is 1. The fraction of sp³-hybridized carbons (Fsp3) is 0.833. The SMILES string of the molecule is OC1CCCC1c1nc(C2CCC(F)(F)C2)no1. The van der Waals surface area contributed by atoms with Crippen LogP contribution in [-0.4, -0.2) is 27.3 Å². The first-order chi connectivity index (χ1) is 8.55. The zero-order chi connectivity index (χ0) is 12.8. The molecule has 0 bridgehead atoms. The number of aromatic nitrogens is 2. The second kappa shape index (κ2) is 4.26. The van der Waals surface area contributed by atoms with E-state index in [0.29, 0.717) is 18.1 Å². The average molecular weight is 258 g/mol. The molecule has 2 aliphatic carbocycles. The molecule has 3 rings (SSSR count). The molecule has 0 aliphatic heterocycles. The first-order valence-corrected chi connectivity index (χ1v) is 6.44. The Morgan fingerprint density at radius 2 is 2.11 bits per heavy atom. The first-order valence-electron chi connectivity index (χ1n) is 6.44. The van der Waals surface area contributed by atoms with E-state index in [-0.39, 0.29) is 24.7 Å². The van der Waals surface area contributed by atoms with Gasteiger partial charge in [0.05, 0.1) is 12.0 Å². The summed E-state index contributed by atoms with van der Waals surface area (Å²) in [5, 5.41) is 13.6. The quantitative estimate of drug-likeness (QED) is 0.885. The van der Waals surface area contributed by atoms with Gasteiger partial charge in [0.15, 0.2) is 5.82 Å². The minimum atomic E-state index is -2.60. The molecule has 1 aromatic rings. The Kier molecular flexibility index (Phi) is 2.84. The summed E-state index contributed by atoms with van der Waals surface area (Å²) in [5.41, 5.74) is 0. The molecule has 0 spiro atoms. The summed E-state index contributed by atoms with van der Waals surface area (Å²) in [6.07, 6.45) is 2.16. The molecular formula is C12H16F2N2O2. The maximum Gasteiger partial charge on any atom is 0.248 e. The Balaban J connectivity index is 1.74. The molecule has 2 fully saturated rings. The van der Waals surface area contributed by atoms with E-state index < -0.39 is 12.0 Å². The molecule has 3 atom stereocenters. The highest BCUT2D eigenvalue weighted by molar-refractivity contribution is 5.06. The molecule has 100 valence electrons. The minimum Gasteiger partial charge on any atom is -0.392 e. The van der Waals surface area contributed by atoms with E-state index in [4.69, 9.17) is 4.52 Å². The fourth-order valence-electron chi connectivity index (χ4n) is 2.96. The number of aliphatic hydroxyl groups is 1. The zero-order valence-electron chi connectivity index (χ0n) is 9.98. The van der Waals surface area contributed by atoms with Crippen molar-refractivity contribution >= 4 is 0 Å². The molecule has 18 heavy (non-hydrogen) atoms. The van der Waals surface area contributed by atoms with Crippen LogP contribution in [0.5, 0.6) is 0 Å². The van der Waals surface area contributed by atoms with E-state index in [1.807, 2.05) is 0 Å². The van der Waals surface area contributed by atoms with Crippen molar-refractivity contribution in [1.82, 2.24) is 10.1 Å². The van der Waals surface area contributed by atoms with Gasteiger partial charge in [-0.1, -0.05) is 5.16 Å². The average Bonchev–Trinajstić information content (AvgIpc) is 2.97. The van der Waals surface area contributed by atoms with Crippen LogP contribution in [0, 0.1) is 0 Å². The molecule has 1 aromatic heterocycles. The number of rotatable bonds is 2. The van der Waals surface area contributed by atoms with E-state index in [9.17, 15) is 13.9 Å². The number of hydrogen-bond donors (Lipinski definition) is 1. The molecule has 2 saturated carbocycles. The number of alkyl halides is 2.